The summed E-state index contributed by atoms with van der Waals surface area (Å²) in [5.41, 5.74) is 0.634. The molecular formula is C12H27NO2Si. The fourth-order valence-corrected chi connectivity index (χ4v) is 6.40. The molecule has 0 spiro atoms. The molecule has 0 unspecified atom stereocenters. The highest BCUT2D eigenvalue weighted by Gasteiger charge is 2.47. The normalized spacial score (nSPS) is 18.6. The van der Waals surface area contributed by atoms with E-state index < -0.39 is 8.72 Å². The standard InChI is InChI=1S/C12H27NO2Si/c1-5-14-16(15-6-2,13-11(3)4)12-9-7-8-10-12/h11-13H,5-10H2,1-4H3. The highest BCUT2D eigenvalue weighted by atomic mass is 28.4. The zero-order valence-electron chi connectivity index (χ0n) is 11.2. The Balaban J connectivity index is 2.75. The van der Waals surface area contributed by atoms with E-state index in [0.29, 0.717) is 11.6 Å². The van der Waals surface area contributed by atoms with Crippen LogP contribution in [0.5, 0.6) is 0 Å². The van der Waals surface area contributed by atoms with Gasteiger partial charge in [0.1, 0.15) is 0 Å². The summed E-state index contributed by atoms with van der Waals surface area (Å²) in [6, 6.07) is 0.436. The van der Waals surface area contributed by atoms with Gasteiger partial charge in [0.25, 0.3) is 0 Å². The Labute approximate surface area is 101 Å². The Bertz CT molecular complexity index is 187. The summed E-state index contributed by atoms with van der Waals surface area (Å²) in [7, 11) is -2.18. The Kier molecular flexibility index (Phi) is 5.96. The van der Waals surface area contributed by atoms with Crippen LogP contribution in [0, 0.1) is 0 Å². The molecule has 1 saturated carbocycles. The molecule has 4 heteroatoms. The van der Waals surface area contributed by atoms with Crippen molar-refractivity contribution in [2.75, 3.05) is 13.2 Å². The highest BCUT2D eigenvalue weighted by molar-refractivity contribution is 6.66. The first kappa shape index (κ1) is 14.2. The fourth-order valence-electron chi connectivity index (χ4n) is 2.62. The minimum atomic E-state index is -2.18. The van der Waals surface area contributed by atoms with Crippen LogP contribution >= 0.6 is 0 Å². The molecule has 0 aliphatic heterocycles. The predicted octanol–water partition coefficient (Wildman–Crippen LogP) is 2.94. The van der Waals surface area contributed by atoms with E-state index in [1.165, 1.54) is 25.7 Å². The molecule has 1 rings (SSSR count). The molecule has 0 saturated heterocycles. The van der Waals surface area contributed by atoms with Crippen molar-refractivity contribution in [1.82, 2.24) is 4.98 Å². The lowest BCUT2D eigenvalue weighted by Gasteiger charge is -2.36. The van der Waals surface area contributed by atoms with Gasteiger partial charge < -0.3 is 8.85 Å². The maximum atomic E-state index is 6.07. The van der Waals surface area contributed by atoms with Crippen LogP contribution in [-0.2, 0) is 8.85 Å². The first-order valence-electron chi connectivity index (χ1n) is 6.70. The van der Waals surface area contributed by atoms with Gasteiger partial charge in [0.05, 0.1) is 0 Å². The van der Waals surface area contributed by atoms with Crippen molar-refractivity contribution < 1.29 is 8.85 Å². The Morgan fingerprint density at radius 2 is 1.62 bits per heavy atom. The molecule has 1 fully saturated rings. The van der Waals surface area contributed by atoms with Gasteiger partial charge in [-0.3, -0.25) is 4.98 Å². The average molecular weight is 245 g/mol. The van der Waals surface area contributed by atoms with Gasteiger partial charge in [0.2, 0.25) is 0 Å². The third kappa shape index (κ3) is 3.55. The molecule has 1 N–H and O–H groups in total. The summed E-state index contributed by atoms with van der Waals surface area (Å²) in [6.07, 6.45) is 5.20. The van der Waals surface area contributed by atoms with Crippen LogP contribution in [0.15, 0.2) is 0 Å². The minimum absolute atomic E-state index is 0.436. The highest BCUT2D eigenvalue weighted by Crippen LogP contribution is 2.38. The van der Waals surface area contributed by atoms with Gasteiger partial charge in [-0.05, 0) is 32.7 Å². The Morgan fingerprint density at radius 1 is 1.12 bits per heavy atom. The topological polar surface area (TPSA) is 30.5 Å². The molecule has 0 bridgehead atoms. The quantitative estimate of drug-likeness (QED) is 0.700. The molecule has 0 atom stereocenters. The van der Waals surface area contributed by atoms with Gasteiger partial charge >= 0.3 is 8.72 Å². The van der Waals surface area contributed by atoms with Gasteiger partial charge in [-0.1, -0.05) is 26.7 Å². The second-order valence-electron chi connectivity index (χ2n) is 4.81. The second kappa shape index (κ2) is 6.74. The van der Waals surface area contributed by atoms with Crippen LogP contribution in [0.4, 0.5) is 0 Å². The summed E-state index contributed by atoms with van der Waals surface area (Å²) >= 11 is 0. The van der Waals surface area contributed by atoms with Crippen LogP contribution in [0.3, 0.4) is 0 Å². The monoisotopic (exact) mass is 245 g/mol. The van der Waals surface area contributed by atoms with Crippen molar-refractivity contribution >= 4 is 8.72 Å². The van der Waals surface area contributed by atoms with Crippen LogP contribution in [0.25, 0.3) is 0 Å². The molecule has 0 aromatic heterocycles. The van der Waals surface area contributed by atoms with E-state index in [1.807, 2.05) is 0 Å². The largest absolute Gasteiger partial charge is 0.428 e. The van der Waals surface area contributed by atoms with Crippen LogP contribution in [-0.4, -0.2) is 28.0 Å². The maximum Gasteiger partial charge on any atom is 0.428 e. The van der Waals surface area contributed by atoms with Gasteiger partial charge in [-0.15, -0.1) is 0 Å². The first-order chi connectivity index (χ1) is 7.64. The summed E-state index contributed by atoms with van der Waals surface area (Å²) in [5.74, 6) is 0. The van der Waals surface area contributed by atoms with Gasteiger partial charge in [-0.2, -0.15) is 0 Å². The van der Waals surface area contributed by atoms with E-state index in [2.05, 4.69) is 32.7 Å². The number of hydrogen-bond acceptors (Lipinski definition) is 3. The molecule has 0 aromatic carbocycles. The molecule has 0 amide bonds. The molecule has 0 aromatic rings. The van der Waals surface area contributed by atoms with E-state index in [-0.39, 0.29) is 0 Å². The van der Waals surface area contributed by atoms with Gasteiger partial charge in [0.15, 0.2) is 0 Å². The van der Waals surface area contributed by atoms with Gasteiger partial charge in [-0.25, -0.2) is 0 Å². The smallest absolute Gasteiger partial charge is 0.383 e. The zero-order chi connectivity index (χ0) is 12.0. The lowest BCUT2D eigenvalue weighted by Crippen LogP contribution is -2.61. The van der Waals surface area contributed by atoms with Crippen molar-refractivity contribution in [3.8, 4) is 0 Å². The molecule has 16 heavy (non-hydrogen) atoms. The zero-order valence-corrected chi connectivity index (χ0v) is 12.2. The molecule has 1 aliphatic rings. The SMILES string of the molecule is CCO[Si](NC(C)C)(OCC)C1CCCC1. The number of rotatable bonds is 7. The maximum absolute atomic E-state index is 6.07. The summed E-state index contributed by atoms with van der Waals surface area (Å²) in [4.78, 5) is 3.63. The summed E-state index contributed by atoms with van der Waals surface area (Å²) < 4.78 is 12.1. The van der Waals surface area contributed by atoms with E-state index >= 15 is 0 Å². The van der Waals surface area contributed by atoms with E-state index in [1.54, 1.807) is 0 Å². The second-order valence-corrected chi connectivity index (χ2v) is 7.83. The van der Waals surface area contributed by atoms with E-state index in [0.717, 1.165) is 13.2 Å². The lowest BCUT2D eigenvalue weighted by atomic mass is 10.4. The van der Waals surface area contributed by atoms with Crippen molar-refractivity contribution in [2.24, 2.45) is 0 Å². The predicted molar refractivity (Wildman–Crippen MR) is 69.5 cm³/mol. The first-order valence-corrected chi connectivity index (χ1v) is 8.59. The summed E-state index contributed by atoms with van der Waals surface area (Å²) in [6.45, 7) is 9.99. The van der Waals surface area contributed by atoms with Crippen LogP contribution < -0.4 is 4.98 Å². The van der Waals surface area contributed by atoms with Crippen molar-refractivity contribution in [1.29, 1.82) is 0 Å². The van der Waals surface area contributed by atoms with E-state index in [4.69, 9.17) is 8.85 Å². The molecule has 3 nitrogen and oxygen atoms in total. The third-order valence-corrected chi connectivity index (χ3v) is 7.17. The third-order valence-electron chi connectivity index (χ3n) is 3.10. The average Bonchev–Trinajstić information content (AvgIpc) is 2.70. The van der Waals surface area contributed by atoms with Crippen molar-refractivity contribution in [3.05, 3.63) is 0 Å². The summed E-state index contributed by atoms with van der Waals surface area (Å²) in [5, 5.41) is 0. The Morgan fingerprint density at radius 3 is 2.00 bits per heavy atom. The fraction of sp³-hybridized carbons (Fsp3) is 1.00. The van der Waals surface area contributed by atoms with Crippen LogP contribution in [0.1, 0.15) is 53.4 Å². The number of hydrogen-bond donors (Lipinski definition) is 1. The van der Waals surface area contributed by atoms with Gasteiger partial charge in [0, 0.05) is 18.8 Å². The molecule has 96 valence electrons. The van der Waals surface area contributed by atoms with Crippen LogP contribution in [0.2, 0.25) is 5.54 Å². The van der Waals surface area contributed by atoms with Crippen molar-refractivity contribution in [3.63, 3.8) is 0 Å². The number of nitrogens with one attached hydrogen (secondary N) is 1. The molecule has 0 heterocycles. The van der Waals surface area contributed by atoms with Crippen molar-refractivity contribution in [2.45, 2.75) is 65.0 Å². The minimum Gasteiger partial charge on any atom is -0.383 e. The molecular weight excluding hydrogens is 218 g/mol. The molecule has 0 radical (unpaired) electrons. The lowest BCUT2D eigenvalue weighted by molar-refractivity contribution is 0.157. The Hall–Kier alpha value is 0.0969. The van der Waals surface area contributed by atoms with E-state index in [9.17, 15) is 0 Å². The molecule has 1 aliphatic carbocycles.